The Morgan fingerprint density at radius 1 is 1.09 bits per heavy atom. The number of amides is 2. The Morgan fingerprint density at radius 2 is 1.81 bits per heavy atom. The summed E-state index contributed by atoms with van der Waals surface area (Å²) in [6, 6.07) is 15.5. The zero-order chi connectivity index (χ0) is 23.5. The molecule has 0 saturated heterocycles. The molecule has 6 heteroatoms. The molecule has 0 saturated carbocycles. The van der Waals surface area contributed by atoms with Crippen LogP contribution >= 0.6 is 11.8 Å². The van der Waals surface area contributed by atoms with Crippen molar-refractivity contribution in [3.8, 4) is 5.75 Å². The number of nitrogens with one attached hydrogen (secondary N) is 1. The fraction of sp³-hybridized carbons (Fsp3) is 0.462. The number of hydrogen-bond acceptors (Lipinski definition) is 4. The molecule has 32 heavy (non-hydrogen) atoms. The third-order valence-corrected chi connectivity index (χ3v) is 6.49. The van der Waals surface area contributed by atoms with Gasteiger partial charge in [0.05, 0.1) is 7.11 Å². The number of nitrogens with zero attached hydrogens (tertiary/aromatic N) is 1. The van der Waals surface area contributed by atoms with Crippen molar-refractivity contribution >= 4 is 23.6 Å². The molecular weight excluding hydrogens is 420 g/mol. The van der Waals surface area contributed by atoms with Gasteiger partial charge in [-0.15, -0.1) is 11.8 Å². The summed E-state index contributed by atoms with van der Waals surface area (Å²) in [5, 5.41) is 3.05. The molecule has 5 nitrogen and oxygen atoms in total. The Labute approximate surface area is 196 Å². The maximum absolute atomic E-state index is 13.3. The smallest absolute Gasteiger partial charge is 0.243 e. The maximum Gasteiger partial charge on any atom is 0.243 e. The quantitative estimate of drug-likeness (QED) is 0.446. The summed E-state index contributed by atoms with van der Waals surface area (Å²) in [5.41, 5.74) is 2.16. The average Bonchev–Trinajstić information content (AvgIpc) is 2.80. The summed E-state index contributed by atoms with van der Waals surface area (Å²) in [6.07, 6.45) is 1.78. The first-order valence-electron chi connectivity index (χ1n) is 11.3. The van der Waals surface area contributed by atoms with Gasteiger partial charge in [-0.05, 0) is 56.5 Å². The second-order valence-electron chi connectivity index (χ2n) is 8.03. The van der Waals surface area contributed by atoms with Crippen molar-refractivity contribution in [1.82, 2.24) is 10.2 Å². The number of ether oxygens (including phenoxy) is 1. The maximum atomic E-state index is 13.3. The van der Waals surface area contributed by atoms with Gasteiger partial charge in [-0.1, -0.05) is 43.7 Å². The monoisotopic (exact) mass is 456 g/mol. The summed E-state index contributed by atoms with van der Waals surface area (Å²) in [7, 11) is 1.62. The normalized spacial score (nSPS) is 12.7. The number of carbonyl (C=O) groups is 2. The molecule has 0 radical (unpaired) electrons. The Kier molecular flexibility index (Phi) is 10.6. The molecule has 2 aromatic carbocycles. The van der Waals surface area contributed by atoms with Crippen LogP contribution in [0, 0.1) is 6.92 Å². The molecule has 2 aromatic rings. The van der Waals surface area contributed by atoms with Crippen LogP contribution in [-0.2, 0) is 16.1 Å². The highest BCUT2D eigenvalue weighted by Gasteiger charge is 2.29. The van der Waals surface area contributed by atoms with Gasteiger partial charge in [0.25, 0.3) is 0 Å². The molecule has 0 aliphatic carbocycles. The lowest BCUT2D eigenvalue weighted by Crippen LogP contribution is -2.50. The van der Waals surface area contributed by atoms with Crippen molar-refractivity contribution < 1.29 is 14.3 Å². The van der Waals surface area contributed by atoms with E-state index >= 15 is 0 Å². The first kappa shape index (κ1) is 25.8. The first-order valence-corrected chi connectivity index (χ1v) is 12.3. The third-order valence-electron chi connectivity index (χ3n) is 5.48. The van der Waals surface area contributed by atoms with E-state index in [9.17, 15) is 9.59 Å². The number of aryl methyl sites for hydroxylation is 1. The van der Waals surface area contributed by atoms with Crippen LogP contribution in [-0.4, -0.2) is 41.7 Å². The number of carbonyl (C=O) groups excluding carboxylic acids is 2. The van der Waals surface area contributed by atoms with Gasteiger partial charge in [0.1, 0.15) is 11.8 Å². The molecule has 2 amide bonds. The predicted molar refractivity (Wildman–Crippen MR) is 132 cm³/mol. The van der Waals surface area contributed by atoms with Gasteiger partial charge in [0, 0.05) is 29.7 Å². The number of hydrogen-bond donors (Lipinski definition) is 1. The molecule has 1 N–H and O–H groups in total. The minimum atomic E-state index is -0.507. The topological polar surface area (TPSA) is 58.6 Å². The second-order valence-corrected chi connectivity index (χ2v) is 9.19. The minimum absolute atomic E-state index is 0.0152. The van der Waals surface area contributed by atoms with Crippen LogP contribution in [0.5, 0.6) is 5.75 Å². The Hall–Kier alpha value is -2.47. The van der Waals surface area contributed by atoms with Crippen LogP contribution in [0.2, 0.25) is 0 Å². The zero-order valence-corrected chi connectivity index (χ0v) is 20.7. The Bertz CT molecular complexity index is 870. The van der Waals surface area contributed by atoms with Gasteiger partial charge >= 0.3 is 0 Å². The van der Waals surface area contributed by atoms with E-state index in [1.165, 1.54) is 5.56 Å². The van der Waals surface area contributed by atoms with E-state index in [4.69, 9.17) is 4.74 Å². The molecule has 0 fully saturated rings. The third kappa shape index (κ3) is 7.90. The van der Waals surface area contributed by atoms with E-state index < -0.39 is 6.04 Å². The van der Waals surface area contributed by atoms with Crippen LogP contribution in [0.4, 0.5) is 0 Å². The van der Waals surface area contributed by atoms with Crippen molar-refractivity contribution in [3.05, 3.63) is 59.7 Å². The van der Waals surface area contributed by atoms with E-state index in [-0.39, 0.29) is 17.9 Å². The largest absolute Gasteiger partial charge is 0.497 e. The molecule has 0 bridgehead atoms. The van der Waals surface area contributed by atoms with Crippen molar-refractivity contribution in [2.45, 2.75) is 70.5 Å². The molecule has 0 aromatic heterocycles. The van der Waals surface area contributed by atoms with E-state index in [2.05, 4.69) is 36.5 Å². The molecule has 0 aliphatic rings. The summed E-state index contributed by atoms with van der Waals surface area (Å²) < 4.78 is 5.33. The van der Waals surface area contributed by atoms with Gasteiger partial charge in [-0.3, -0.25) is 9.59 Å². The van der Waals surface area contributed by atoms with Gasteiger partial charge in [0.15, 0.2) is 0 Å². The lowest BCUT2D eigenvalue weighted by Gasteiger charge is -2.31. The van der Waals surface area contributed by atoms with Crippen molar-refractivity contribution in [2.75, 3.05) is 12.9 Å². The van der Waals surface area contributed by atoms with Gasteiger partial charge in [0.2, 0.25) is 11.8 Å². The fourth-order valence-electron chi connectivity index (χ4n) is 3.36. The number of rotatable bonds is 12. The average molecular weight is 457 g/mol. The van der Waals surface area contributed by atoms with Crippen LogP contribution in [0.3, 0.4) is 0 Å². The molecule has 0 unspecified atom stereocenters. The van der Waals surface area contributed by atoms with E-state index in [0.29, 0.717) is 25.1 Å². The highest BCUT2D eigenvalue weighted by Crippen LogP contribution is 2.22. The summed E-state index contributed by atoms with van der Waals surface area (Å²) in [6.45, 7) is 8.40. The van der Waals surface area contributed by atoms with E-state index in [1.54, 1.807) is 23.8 Å². The van der Waals surface area contributed by atoms with E-state index in [1.807, 2.05) is 45.0 Å². The number of methoxy groups -OCH3 is 1. The minimum Gasteiger partial charge on any atom is -0.497 e. The summed E-state index contributed by atoms with van der Waals surface area (Å²) in [4.78, 5) is 29.2. The number of thioether (sulfide) groups is 1. The molecular formula is C26H36N2O3S. The van der Waals surface area contributed by atoms with E-state index in [0.717, 1.165) is 22.6 Å². The van der Waals surface area contributed by atoms with Crippen LogP contribution in [0.15, 0.2) is 53.4 Å². The first-order chi connectivity index (χ1) is 15.4. The molecule has 2 atom stereocenters. The van der Waals surface area contributed by atoms with Crippen molar-refractivity contribution in [3.63, 3.8) is 0 Å². The summed E-state index contributed by atoms with van der Waals surface area (Å²) >= 11 is 1.66. The molecule has 174 valence electrons. The van der Waals surface area contributed by atoms with Crippen LogP contribution in [0.25, 0.3) is 0 Å². The fourth-order valence-corrected chi connectivity index (χ4v) is 4.20. The van der Waals surface area contributed by atoms with Crippen LogP contribution in [0.1, 0.15) is 51.2 Å². The van der Waals surface area contributed by atoms with Gasteiger partial charge in [-0.25, -0.2) is 0 Å². The molecule has 0 aliphatic heterocycles. The Morgan fingerprint density at radius 3 is 2.44 bits per heavy atom. The van der Waals surface area contributed by atoms with Gasteiger partial charge in [-0.2, -0.15) is 0 Å². The summed E-state index contributed by atoms with van der Waals surface area (Å²) in [5.74, 6) is 1.30. The van der Waals surface area contributed by atoms with Crippen LogP contribution < -0.4 is 10.1 Å². The zero-order valence-electron chi connectivity index (χ0n) is 19.9. The van der Waals surface area contributed by atoms with Gasteiger partial charge < -0.3 is 15.0 Å². The highest BCUT2D eigenvalue weighted by atomic mass is 32.2. The standard InChI is InChI=1S/C26H36N2O3S/c1-6-20(4)27-26(30)24(7-2)28(18-21-9-8-10-22(17-21)31-5)25(29)15-16-32-23-13-11-19(3)12-14-23/h8-14,17,20,24H,6-7,15-16,18H2,1-5H3,(H,27,30)/t20-,24+/m1/s1. The molecule has 2 rings (SSSR count). The number of benzene rings is 2. The molecule has 0 heterocycles. The SMILES string of the molecule is CC[C@@H](C)NC(=O)[C@H](CC)N(Cc1cccc(OC)c1)C(=O)CCSc1ccc(C)cc1. The lowest BCUT2D eigenvalue weighted by atomic mass is 10.1. The second kappa shape index (κ2) is 13.2. The lowest BCUT2D eigenvalue weighted by molar-refractivity contribution is -0.141. The highest BCUT2D eigenvalue weighted by molar-refractivity contribution is 7.99. The Balaban J connectivity index is 2.15. The van der Waals surface area contributed by atoms with Crippen molar-refractivity contribution in [2.24, 2.45) is 0 Å². The molecule has 0 spiro atoms. The predicted octanol–water partition coefficient (Wildman–Crippen LogP) is 5.21. The van der Waals surface area contributed by atoms with Crippen molar-refractivity contribution in [1.29, 1.82) is 0 Å².